The molecule has 0 radical (unpaired) electrons. The summed E-state index contributed by atoms with van der Waals surface area (Å²) in [6.45, 7) is 8.97. The van der Waals surface area contributed by atoms with Gasteiger partial charge in [-0.1, -0.05) is 31.2 Å². The Morgan fingerprint density at radius 1 is 0.926 bits per heavy atom. The predicted octanol–water partition coefficient (Wildman–Crippen LogP) is 3.03. The fraction of sp³-hybridized carbons (Fsp3) is 0.381. The maximum Gasteiger partial charge on any atom is 0.251 e. The molecule has 1 aliphatic heterocycles. The van der Waals surface area contributed by atoms with Gasteiger partial charge in [0.1, 0.15) is 0 Å². The lowest BCUT2D eigenvalue weighted by Crippen LogP contribution is -2.45. The minimum Gasteiger partial charge on any atom is -0.348 e. The van der Waals surface area contributed by atoms with Gasteiger partial charge in [0, 0.05) is 44.8 Å². The average molecular weight is 373 g/mol. The third-order valence-electron chi connectivity index (χ3n) is 4.98. The molecular formula is C21H25F2N3O. The second-order valence-electron chi connectivity index (χ2n) is 6.84. The first-order valence-corrected chi connectivity index (χ1v) is 9.31. The van der Waals surface area contributed by atoms with E-state index < -0.39 is 17.5 Å². The number of piperazine rings is 1. The Hall–Kier alpha value is -2.31. The zero-order chi connectivity index (χ0) is 19.2. The zero-order valence-electron chi connectivity index (χ0n) is 15.5. The van der Waals surface area contributed by atoms with Crippen LogP contribution < -0.4 is 5.32 Å². The Kier molecular flexibility index (Phi) is 6.53. The summed E-state index contributed by atoms with van der Waals surface area (Å²) in [5.41, 5.74) is 2.32. The summed E-state index contributed by atoms with van der Waals surface area (Å²) in [6.07, 6.45) is 0. The molecule has 0 atom stereocenters. The van der Waals surface area contributed by atoms with Crippen molar-refractivity contribution in [1.82, 2.24) is 15.1 Å². The van der Waals surface area contributed by atoms with Crippen molar-refractivity contribution in [1.29, 1.82) is 0 Å². The van der Waals surface area contributed by atoms with Crippen molar-refractivity contribution >= 4 is 5.91 Å². The van der Waals surface area contributed by atoms with E-state index in [1.54, 1.807) is 0 Å². The summed E-state index contributed by atoms with van der Waals surface area (Å²) < 4.78 is 26.2. The first kappa shape index (κ1) is 19.5. The van der Waals surface area contributed by atoms with Crippen LogP contribution in [0.4, 0.5) is 8.78 Å². The molecule has 4 nitrogen and oxygen atoms in total. The van der Waals surface area contributed by atoms with E-state index in [4.69, 9.17) is 0 Å². The molecule has 3 rings (SSSR count). The lowest BCUT2D eigenvalue weighted by atomic mass is 10.1. The number of hydrogen-bond acceptors (Lipinski definition) is 3. The Balaban J connectivity index is 1.49. The molecule has 0 saturated carbocycles. The van der Waals surface area contributed by atoms with Gasteiger partial charge in [-0.3, -0.25) is 9.69 Å². The normalized spacial score (nSPS) is 15.7. The molecule has 0 bridgehead atoms. The molecule has 6 heteroatoms. The van der Waals surface area contributed by atoms with Crippen LogP contribution in [-0.4, -0.2) is 48.4 Å². The van der Waals surface area contributed by atoms with Gasteiger partial charge in [-0.25, -0.2) is 8.78 Å². The SMILES string of the molecule is CCN1CCN(Cc2ccc(CNC(=O)c3ccc(F)c(F)c3)cc2)CC1. The molecule has 2 aromatic rings. The van der Waals surface area contributed by atoms with Crippen molar-refractivity contribution in [2.24, 2.45) is 0 Å². The minimum absolute atomic E-state index is 0.108. The summed E-state index contributed by atoms with van der Waals surface area (Å²) in [5, 5.41) is 2.73. The Morgan fingerprint density at radius 2 is 1.56 bits per heavy atom. The van der Waals surface area contributed by atoms with Gasteiger partial charge in [0.15, 0.2) is 11.6 Å². The van der Waals surface area contributed by atoms with E-state index in [0.717, 1.165) is 57.0 Å². The highest BCUT2D eigenvalue weighted by atomic mass is 19.2. The maximum atomic E-state index is 13.2. The van der Waals surface area contributed by atoms with E-state index in [1.807, 2.05) is 12.1 Å². The maximum absolute atomic E-state index is 13.2. The van der Waals surface area contributed by atoms with Crippen molar-refractivity contribution in [3.05, 3.63) is 70.8 Å². The smallest absolute Gasteiger partial charge is 0.251 e. The molecule has 1 fully saturated rings. The topological polar surface area (TPSA) is 35.6 Å². The summed E-state index contributed by atoms with van der Waals surface area (Å²) in [6, 6.07) is 11.3. The molecule has 27 heavy (non-hydrogen) atoms. The van der Waals surface area contributed by atoms with E-state index in [1.165, 1.54) is 11.6 Å². The van der Waals surface area contributed by atoms with Crippen LogP contribution in [0, 0.1) is 11.6 Å². The quantitative estimate of drug-likeness (QED) is 0.846. The van der Waals surface area contributed by atoms with E-state index in [-0.39, 0.29) is 5.56 Å². The summed E-state index contributed by atoms with van der Waals surface area (Å²) in [4.78, 5) is 17.0. The average Bonchev–Trinajstić information content (AvgIpc) is 2.70. The Morgan fingerprint density at radius 3 is 2.19 bits per heavy atom. The van der Waals surface area contributed by atoms with Gasteiger partial charge in [0.05, 0.1) is 0 Å². The van der Waals surface area contributed by atoms with Gasteiger partial charge in [-0.15, -0.1) is 0 Å². The second-order valence-corrected chi connectivity index (χ2v) is 6.84. The van der Waals surface area contributed by atoms with E-state index in [0.29, 0.717) is 6.54 Å². The third-order valence-corrected chi connectivity index (χ3v) is 4.98. The van der Waals surface area contributed by atoms with Crippen LogP contribution in [0.1, 0.15) is 28.4 Å². The minimum atomic E-state index is -1.02. The number of hydrogen-bond donors (Lipinski definition) is 1. The molecule has 0 spiro atoms. The number of nitrogens with zero attached hydrogens (tertiary/aromatic N) is 2. The van der Waals surface area contributed by atoms with Crippen molar-refractivity contribution in [2.75, 3.05) is 32.7 Å². The Bertz CT molecular complexity index is 771. The molecule has 2 aromatic carbocycles. The number of rotatable bonds is 6. The van der Waals surface area contributed by atoms with Gasteiger partial charge in [0.2, 0.25) is 0 Å². The molecule has 0 aliphatic carbocycles. The van der Waals surface area contributed by atoms with Gasteiger partial charge in [-0.05, 0) is 35.9 Å². The van der Waals surface area contributed by atoms with Crippen LogP contribution in [0.5, 0.6) is 0 Å². The zero-order valence-corrected chi connectivity index (χ0v) is 15.5. The fourth-order valence-electron chi connectivity index (χ4n) is 3.21. The van der Waals surface area contributed by atoms with E-state index in [9.17, 15) is 13.6 Å². The Labute approximate surface area is 158 Å². The molecule has 0 unspecified atom stereocenters. The summed E-state index contributed by atoms with van der Waals surface area (Å²) in [5.74, 6) is -2.41. The van der Waals surface area contributed by atoms with Crippen LogP contribution in [0.3, 0.4) is 0 Å². The number of halogens is 2. The van der Waals surface area contributed by atoms with E-state index in [2.05, 4.69) is 34.2 Å². The van der Waals surface area contributed by atoms with Crippen LogP contribution in [0.2, 0.25) is 0 Å². The first-order valence-electron chi connectivity index (χ1n) is 9.31. The monoisotopic (exact) mass is 373 g/mol. The van der Waals surface area contributed by atoms with Crippen LogP contribution in [0.15, 0.2) is 42.5 Å². The number of benzene rings is 2. The highest BCUT2D eigenvalue weighted by Gasteiger charge is 2.15. The third kappa shape index (κ3) is 5.34. The number of nitrogens with one attached hydrogen (secondary N) is 1. The molecule has 0 aromatic heterocycles. The highest BCUT2D eigenvalue weighted by Crippen LogP contribution is 2.11. The first-order chi connectivity index (χ1) is 13.0. The van der Waals surface area contributed by atoms with Crippen molar-refractivity contribution in [3.63, 3.8) is 0 Å². The van der Waals surface area contributed by atoms with Gasteiger partial charge in [-0.2, -0.15) is 0 Å². The molecule has 1 N–H and O–H groups in total. The number of carbonyl (C=O) groups is 1. The van der Waals surface area contributed by atoms with Crippen LogP contribution >= 0.6 is 0 Å². The lowest BCUT2D eigenvalue weighted by Gasteiger charge is -2.34. The second kappa shape index (κ2) is 9.06. The standard InChI is InChI=1S/C21H25F2N3O/c1-2-25-9-11-26(12-10-25)15-17-5-3-16(4-6-17)14-24-21(27)18-7-8-19(22)20(23)13-18/h3-8,13H,2,9-12,14-15H2,1H3,(H,24,27). The largest absolute Gasteiger partial charge is 0.348 e. The van der Waals surface area contributed by atoms with Gasteiger partial charge < -0.3 is 10.2 Å². The molecule has 144 valence electrons. The molecule has 1 saturated heterocycles. The lowest BCUT2D eigenvalue weighted by molar-refractivity contribution is 0.0950. The molecule has 1 amide bonds. The number of amides is 1. The van der Waals surface area contributed by atoms with E-state index >= 15 is 0 Å². The molecule has 1 heterocycles. The fourth-order valence-corrected chi connectivity index (χ4v) is 3.21. The van der Waals surface area contributed by atoms with Crippen LogP contribution in [0.25, 0.3) is 0 Å². The van der Waals surface area contributed by atoms with Crippen molar-refractivity contribution in [3.8, 4) is 0 Å². The van der Waals surface area contributed by atoms with Gasteiger partial charge in [0.25, 0.3) is 5.91 Å². The molecular weight excluding hydrogens is 348 g/mol. The predicted molar refractivity (Wildman–Crippen MR) is 101 cm³/mol. The van der Waals surface area contributed by atoms with Gasteiger partial charge >= 0.3 is 0 Å². The molecule has 1 aliphatic rings. The highest BCUT2D eigenvalue weighted by molar-refractivity contribution is 5.94. The summed E-state index contributed by atoms with van der Waals surface area (Å²) in [7, 11) is 0. The number of carbonyl (C=O) groups excluding carboxylic acids is 1. The summed E-state index contributed by atoms with van der Waals surface area (Å²) >= 11 is 0. The van der Waals surface area contributed by atoms with Crippen molar-refractivity contribution < 1.29 is 13.6 Å². The van der Waals surface area contributed by atoms with Crippen LogP contribution in [-0.2, 0) is 13.1 Å². The number of likely N-dealkylation sites (N-methyl/N-ethyl adjacent to an activating group) is 1. The van der Waals surface area contributed by atoms with Crippen molar-refractivity contribution in [2.45, 2.75) is 20.0 Å².